The summed E-state index contributed by atoms with van der Waals surface area (Å²) >= 11 is 0. The molecule has 0 heterocycles. The second-order valence-electron chi connectivity index (χ2n) is 5.15. The van der Waals surface area contributed by atoms with Crippen LogP contribution in [0.2, 0.25) is 0 Å². The molecule has 1 aromatic rings. The predicted molar refractivity (Wildman–Crippen MR) is 79.1 cm³/mol. The minimum atomic E-state index is -0.552. The second kappa shape index (κ2) is 7.14. The van der Waals surface area contributed by atoms with Gasteiger partial charge in [-0.05, 0) is 31.9 Å². The SMILES string of the molecule is COc1ccc(CC(C)N)c(OC(C)C(=O)N(C)C)c1. The molecule has 1 aromatic carbocycles. The number of likely N-dealkylation sites (N-methyl/N-ethyl adjacent to an activating group) is 1. The number of amides is 1. The van der Waals surface area contributed by atoms with Crippen LogP contribution in [0.15, 0.2) is 18.2 Å². The standard InChI is InChI=1S/C15H24N2O3/c1-10(16)8-12-6-7-13(19-5)9-14(12)20-11(2)15(18)17(3)4/h6-7,9-11H,8,16H2,1-5H3. The molecular formula is C15H24N2O3. The minimum absolute atomic E-state index is 0.0191. The second-order valence-corrected chi connectivity index (χ2v) is 5.15. The molecule has 1 rings (SSSR count). The molecule has 5 nitrogen and oxygen atoms in total. The number of nitrogens with two attached hydrogens (primary N) is 1. The molecule has 20 heavy (non-hydrogen) atoms. The highest BCUT2D eigenvalue weighted by molar-refractivity contribution is 5.80. The van der Waals surface area contributed by atoms with E-state index in [4.69, 9.17) is 15.2 Å². The van der Waals surface area contributed by atoms with E-state index in [0.29, 0.717) is 17.9 Å². The van der Waals surface area contributed by atoms with E-state index in [1.807, 2.05) is 19.1 Å². The van der Waals surface area contributed by atoms with Gasteiger partial charge in [-0.3, -0.25) is 4.79 Å². The molecule has 0 spiro atoms. The van der Waals surface area contributed by atoms with Crippen LogP contribution in [-0.2, 0) is 11.2 Å². The molecule has 0 aliphatic rings. The van der Waals surface area contributed by atoms with E-state index >= 15 is 0 Å². The van der Waals surface area contributed by atoms with Crippen molar-refractivity contribution in [1.82, 2.24) is 4.90 Å². The lowest BCUT2D eigenvalue weighted by molar-refractivity contribution is -0.135. The number of methoxy groups -OCH3 is 1. The summed E-state index contributed by atoms with van der Waals surface area (Å²) in [4.78, 5) is 13.4. The van der Waals surface area contributed by atoms with Crippen molar-refractivity contribution in [2.45, 2.75) is 32.4 Å². The average molecular weight is 280 g/mol. The fourth-order valence-electron chi connectivity index (χ4n) is 1.89. The van der Waals surface area contributed by atoms with Gasteiger partial charge in [-0.2, -0.15) is 0 Å². The summed E-state index contributed by atoms with van der Waals surface area (Å²) in [7, 11) is 5.01. The molecule has 1 amide bonds. The van der Waals surface area contributed by atoms with Crippen LogP contribution in [0.1, 0.15) is 19.4 Å². The van der Waals surface area contributed by atoms with Crippen LogP contribution in [0, 0.1) is 0 Å². The first-order valence-electron chi connectivity index (χ1n) is 6.65. The molecule has 0 saturated heterocycles. The predicted octanol–water partition coefficient (Wildman–Crippen LogP) is 1.44. The van der Waals surface area contributed by atoms with Crippen molar-refractivity contribution in [2.24, 2.45) is 5.73 Å². The van der Waals surface area contributed by atoms with Gasteiger partial charge in [0.15, 0.2) is 6.10 Å². The summed E-state index contributed by atoms with van der Waals surface area (Å²) in [6.07, 6.45) is 0.131. The Kier molecular flexibility index (Phi) is 5.82. The van der Waals surface area contributed by atoms with E-state index in [9.17, 15) is 4.79 Å². The van der Waals surface area contributed by atoms with Gasteiger partial charge in [0.25, 0.3) is 5.91 Å². The highest BCUT2D eigenvalue weighted by Gasteiger charge is 2.18. The van der Waals surface area contributed by atoms with Gasteiger partial charge in [-0.1, -0.05) is 6.07 Å². The highest BCUT2D eigenvalue weighted by atomic mass is 16.5. The number of benzene rings is 1. The third kappa shape index (κ3) is 4.42. The summed E-state index contributed by atoms with van der Waals surface area (Å²) in [6.45, 7) is 3.67. The van der Waals surface area contributed by atoms with Gasteiger partial charge in [0.1, 0.15) is 11.5 Å². The van der Waals surface area contributed by atoms with Gasteiger partial charge in [0.05, 0.1) is 7.11 Å². The Labute approximate surface area is 120 Å². The first-order chi connectivity index (χ1) is 9.35. The van der Waals surface area contributed by atoms with Gasteiger partial charge in [0.2, 0.25) is 0 Å². The van der Waals surface area contributed by atoms with Gasteiger partial charge in [-0.25, -0.2) is 0 Å². The number of hydrogen-bond acceptors (Lipinski definition) is 4. The fourth-order valence-corrected chi connectivity index (χ4v) is 1.89. The fraction of sp³-hybridized carbons (Fsp3) is 0.533. The van der Waals surface area contributed by atoms with Crippen LogP contribution >= 0.6 is 0 Å². The smallest absolute Gasteiger partial charge is 0.262 e. The quantitative estimate of drug-likeness (QED) is 0.856. The first-order valence-corrected chi connectivity index (χ1v) is 6.65. The number of carbonyl (C=O) groups is 1. The number of hydrogen-bond donors (Lipinski definition) is 1. The number of carbonyl (C=O) groups excluding carboxylic acids is 1. The van der Waals surface area contributed by atoms with Crippen molar-refractivity contribution in [2.75, 3.05) is 21.2 Å². The molecule has 0 aromatic heterocycles. The van der Waals surface area contributed by atoms with Crippen molar-refractivity contribution in [3.8, 4) is 11.5 Å². The third-order valence-corrected chi connectivity index (χ3v) is 2.91. The van der Waals surface area contributed by atoms with E-state index in [0.717, 1.165) is 5.56 Å². The van der Waals surface area contributed by atoms with Crippen LogP contribution in [0.4, 0.5) is 0 Å². The van der Waals surface area contributed by atoms with Gasteiger partial charge in [-0.15, -0.1) is 0 Å². The van der Waals surface area contributed by atoms with Crippen molar-refractivity contribution in [3.05, 3.63) is 23.8 Å². The largest absolute Gasteiger partial charge is 0.497 e. The van der Waals surface area contributed by atoms with Crippen LogP contribution in [0.3, 0.4) is 0 Å². The van der Waals surface area contributed by atoms with Crippen LogP contribution in [0.5, 0.6) is 11.5 Å². The summed E-state index contributed by atoms with van der Waals surface area (Å²) in [6, 6.07) is 5.59. The molecule has 5 heteroatoms. The minimum Gasteiger partial charge on any atom is -0.497 e. The van der Waals surface area contributed by atoms with Crippen molar-refractivity contribution in [1.29, 1.82) is 0 Å². The van der Waals surface area contributed by atoms with Crippen LogP contribution < -0.4 is 15.2 Å². The average Bonchev–Trinajstić information content (AvgIpc) is 2.38. The van der Waals surface area contributed by atoms with Crippen LogP contribution in [-0.4, -0.2) is 44.2 Å². The normalized spacial score (nSPS) is 13.5. The number of nitrogens with zero attached hydrogens (tertiary/aromatic N) is 1. The Morgan fingerprint density at radius 2 is 2.00 bits per heavy atom. The van der Waals surface area contributed by atoms with E-state index in [2.05, 4.69) is 0 Å². The maximum Gasteiger partial charge on any atom is 0.262 e. The Balaban J connectivity index is 2.97. The number of ether oxygens (including phenoxy) is 2. The zero-order valence-corrected chi connectivity index (χ0v) is 12.8. The molecular weight excluding hydrogens is 256 g/mol. The van der Waals surface area contributed by atoms with E-state index in [1.54, 1.807) is 34.2 Å². The van der Waals surface area contributed by atoms with E-state index < -0.39 is 6.10 Å². The summed E-state index contributed by atoms with van der Waals surface area (Å²) in [5, 5.41) is 0. The third-order valence-electron chi connectivity index (χ3n) is 2.91. The molecule has 0 bridgehead atoms. The topological polar surface area (TPSA) is 64.8 Å². The lowest BCUT2D eigenvalue weighted by atomic mass is 10.1. The molecule has 2 atom stereocenters. The lowest BCUT2D eigenvalue weighted by Gasteiger charge is -2.21. The Bertz CT molecular complexity index is 458. The molecule has 2 N–H and O–H groups in total. The van der Waals surface area contributed by atoms with Crippen LogP contribution in [0.25, 0.3) is 0 Å². The Hall–Kier alpha value is -1.75. The number of rotatable bonds is 6. The molecule has 0 aliphatic heterocycles. The monoisotopic (exact) mass is 280 g/mol. The zero-order valence-electron chi connectivity index (χ0n) is 12.8. The summed E-state index contributed by atoms with van der Waals surface area (Å²) in [5.74, 6) is 1.25. The Morgan fingerprint density at radius 1 is 1.35 bits per heavy atom. The molecule has 0 radical (unpaired) electrons. The summed E-state index contributed by atoms with van der Waals surface area (Å²) in [5.41, 5.74) is 6.81. The van der Waals surface area contributed by atoms with Crippen molar-refractivity contribution in [3.63, 3.8) is 0 Å². The molecule has 0 aliphatic carbocycles. The molecule has 2 unspecified atom stereocenters. The van der Waals surface area contributed by atoms with Gasteiger partial charge < -0.3 is 20.1 Å². The van der Waals surface area contributed by atoms with E-state index in [-0.39, 0.29) is 11.9 Å². The van der Waals surface area contributed by atoms with Gasteiger partial charge in [0, 0.05) is 26.2 Å². The maximum atomic E-state index is 11.9. The molecule has 112 valence electrons. The Morgan fingerprint density at radius 3 is 2.50 bits per heavy atom. The maximum absolute atomic E-state index is 11.9. The molecule has 0 fully saturated rings. The van der Waals surface area contributed by atoms with E-state index in [1.165, 1.54) is 4.90 Å². The first kappa shape index (κ1) is 16.3. The zero-order chi connectivity index (χ0) is 15.3. The van der Waals surface area contributed by atoms with Crippen molar-refractivity contribution >= 4 is 5.91 Å². The highest BCUT2D eigenvalue weighted by Crippen LogP contribution is 2.27. The van der Waals surface area contributed by atoms with Gasteiger partial charge >= 0.3 is 0 Å². The van der Waals surface area contributed by atoms with Crippen molar-refractivity contribution < 1.29 is 14.3 Å². The lowest BCUT2D eigenvalue weighted by Crippen LogP contribution is -2.35. The summed E-state index contributed by atoms with van der Waals surface area (Å²) < 4.78 is 11.0. The molecule has 0 saturated carbocycles.